The van der Waals surface area contributed by atoms with E-state index in [0.29, 0.717) is 18.5 Å². The normalized spacial score (nSPS) is 11.8. The van der Waals surface area contributed by atoms with Crippen molar-refractivity contribution >= 4 is 68.2 Å². The number of ether oxygens (including phenoxy) is 1. The lowest BCUT2D eigenvalue weighted by Gasteiger charge is -2.18. The average Bonchev–Trinajstić information content (AvgIpc) is 3.07. The second-order valence-corrected chi connectivity index (χ2v) is 6.78. The summed E-state index contributed by atoms with van der Waals surface area (Å²) >= 11 is 0. The zero-order chi connectivity index (χ0) is 22.3. The van der Waals surface area contributed by atoms with Gasteiger partial charge in [-0.1, -0.05) is 24.3 Å². The van der Waals surface area contributed by atoms with Crippen LogP contribution in [0.15, 0.2) is 42.5 Å². The van der Waals surface area contributed by atoms with E-state index in [1.807, 2.05) is 18.2 Å². The van der Waals surface area contributed by atoms with Gasteiger partial charge in [-0.3, -0.25) is 9.59 Å². The summed E-state index contributed by atoms with van der Waals surface area (Å²) < 4.78 is 5.19. The standard InChI is InChI=1S/C18H17NO4.B7/c1-23-15-6-7-16-14(8-15)9-18(22)19(16)10-12-2-4-13(5-3-12)17(21)11-20;1-5-7(4)6(2)3/h2-8,20H,9-11H2,1H3;. The fraction of sp³-hybridized carbons (Fsp3) is 0.222. The lowest BCUT2D eigenvalue weighted by Crippen LogP contribution is -2.43. The van der Waals surface area contributed by atoms with Crippen LogP contribution in [0.4, 0.5) is 5.69 Å². The number of nitrogens with zero attached hydrogens (tertiary/aromatic N) is 1. The average molecular weight is 387 g/mol. The number of aliphatic hydroxyl groups excluding tert-OH is 1. The summed E-state index contributed by atoms with van der Waals surface area (Å²) in [6.07, 6.45) is -0.557. The second-order valence-electron chi connectivity index (χ2n) is 6.78. The van der Waals surface area contributed by atoms with Crippen LogP contribution in [0, 0.1) is 0 Å². The molecule has 0 fully saturated rings. The van der Waals surface area contributed by atoms with E-state index in [1.165, 1.54) is 7.06 Å². The van der Waals surface area contributed by atoms with Crippen molar-refractivity contribution in [3.05, 3.63) is 59.2 Å². The van der Waals surface area contributed by atoms with Crippen LogP contribution in [0.25, 0.3) is 0 Å². The first kappa shape index (κ1) is 24.1. The van der Waals surface area contributed by atoms with Crippen LogP contribution in [0.3, 0.4) is 0 Å². The van der Waals surface area contributed by atoms with Gasteiger partial charge in [0.25, 0.3) is 0 Å². The lowest BCUT2D eigenvalue weighted by molar-refractivity contribution is -0.117. The molecule has 30 heavy (non-hydrogen) atoms. The minimum absolute atomic E-state index is 0.0452. The number of fused-ring (bicyclic) bond motifs is 1. The highest BCUT2D eigenvalue weighted by Gasteiger charge is 2.27. The number of amides is 1. The number of hydrogen-bond acceptors (Lipinski definition) is 4. The summed E-state index contributed by atoms with van der Waals surface area (Å²) in [4.78, 5) is 25.4. The third-order valence-electron chi connectivity index (χ3n) is 4.65. The zero-order valence-corrected chi connectivity index (χ0v) is 16.8. The van der Waals surface area contributed by atoms with Gasteiger partial charge in [0.2, 0.25) is 5.91 Å². The van der Waals surface area contributed by atoms with Crippen molar-refractivity contribution in [2.45, 2.75) is 13.0 Å². The van der Waals surface area contributed by atoms with E-state index < -0.39 is 13.0 Å². The van der Waals surface area contributed by atoms with Crippen LogP contribution in [0.5, 0.6) is 5.75 Å². The number of carbonyl (C=O) groups is 2. The summed E-state index contributed by atoms with van der Waals surface area (Å²) in [6.45, 7) is -0.0507. The molecular formula is C18H17B7NO4. The van der Waals surface area contributed by atoms with Crippen molar-refractivity contribution in [1.29, 1.82) is 0 Å². The molecule has 1 N–H and O–H groups in total. The molecule has 139 valence electrons. The van der Waals surface area contributed by atoms with Crippen molar-refractivity contribution in [2.24, 2.45) is 0 Å². The summed E-state index contributed by atoms with van der Waals surface area (Å²) in [5.74, 6) is 0.472. The van der Waals surface area contributed by atoms with Crippen LogP contribution in [-0.4, -0.2) is 81.3 Å². The SMILES string of the molecule is COc1ccc2c(c1)CC(=O)N2Cc1ccc(C(=O)CO)cc1.[B][B]B([B])B([B])[B]. The molecule has 0 saturated heterocycles. The molecule has 2 aromatic carbocycles. The van der Waals surface area contributed by atoms with Gasteiger partial charge in [0.1, 0.15) is 12.4 Å². The Morgan fingerprint density at radius 3 is 2.37 bits per heavy atom. The Hall–Kier alpha value is -2.21. The van der Waals surface area contributed by atoms with Crippen molar-refractivity contribution in [3.63, 3.8) is 0 Å². The molecule has 0 aromatic heterocycles. The van der Waals surface area contributed by atoms with Gasteiger partial charge in [0, 0.05) is 62.0 Å². The van der Waals surface area contributed by atoms with Crippen LogP contribution < -0.4 is 9.64 Å². The minimum atomic E-state index is -0.537. The van der Waals surface area contributed by atoms with E-state index in [1.54, 1.807) is 36.3 Å². The van der Waals surface area contributed by atoms with Gasteiger partial charge in [0.05, 0.1) is 20.1 Å². The number of carbonyl (C=O) groups excluding carboxylic acids is 2. The summed E-state index contributed by atoms with van der Waals surface area (Å²) in [7, 11) is 23.2. The fourth-order valence-corrected chi connectivity index (χ4v) is 2.86. The van der Waals surface area contributed by atoms with Crippen molar-refractivity contribution in [3.8, 4) is 5.75 Å². The predicted octanol–water partition coefficient (Wildman–Crippen LogP) is -0.706. The molecule has 12 heteroatoms. The lowest BCUT2D eigenvalue weighted by atomic mass is 8.76. The largest absolute Gasteiger partial charge is 0.497 e. The Morgan fingerprint density at radius 2 is 1.87 bits per heavy atom. The van der Waals surface area contributed by atoms with E-state index in [0.717, 1.165) is 22.6 Å². The first-order valence-electron chi connectivity index (χ1n) is 9.32. The smallest absolute Gasteiger partial charge is 0.231 e. The molecule has 3 rings (SSSR count). The highest BCUT2D eigenvalue weighted by Crippen LogP contribution is 2.33. The van der Waals surface area contributed by atoms with E-state index in [9.17, 15) is 9.59 Å². The molecule has 1 amide bonds. The van der Waals surface area contributed by atoms with E-state index in [-0.39, 0.29) is 18.1 Å². The molecule has 0 spiro atoms. The number of ketones is 1. The zero-order valence-electron chi connectivity index (χ0n) is 16.8. The van der Waals surface area contributed by atoms with Crippen LogP contribution in [0.1, 0.15) is 21.5 Å². The molecule has 0 unspecified atom stereocenters. The van der Waals surface area contributed by atoms with Crippen molar-refractivity contribution < 1.29 is 19.4 Å². The monoisotopic (exact) mass is 388 g/mol. The van der Waals surface area contributed by atoms with Gasteiger partial charge in [0.15, 0.2) is 5.78 Å². The Labute approximate surface area is 184 Å². The first-order valence-corrected chi connectivity index (χ1v) is 9.32. The van der Waals surface area contributed by atoms with Crippen LogP contribution in [-0.2, 0) is 17.8 Å². The van der Waals surface area contributed by atoms with Gasteiger partial charge in [-0.15, -0.1) is 0 Å². The van der Waals surface area contributed by atoms with E-state index in [4.69, 9.17) is 40.8 Å². The van der Waals surface area contributed by atoms with Gasteiger partial charge in [-0.2, -0.15) is 0 Å². The van der Waals surface area contributed by atoms with Crippen molar-refractivity contribution in [2.75, 3.05) is 18.6 Å². The summed E-state index contributed by atoms with van der Waals surface area (Å²) in [5, 5.41) is 8.86. The third-order valence-corrected chi connectivity index (χ3v) is 4.65. The highest BCUT2D eigenvalue weighted by atomic mass is 16.5. The fourth-order valence-electron chi connectivity index (χ4n) is 2.86. The molecular weight excluding hydrogens is 370 g/mol. The quantitative estimate of drug-likeness (QED) is 0.504. The number of methoxy groups -OCH3 is 1. The van der Waals surface area contributed by atoms with E-state index in [2.05, 4.69) is 0 Å². The van der Waals surface area contributed by atoms with Crippen LogP contribution in [0.2, 0.25) is 0 Å². The molecule has 0 saturated carbocycles. The molecule has 1 heterocycles. The third kappa shape index (κ3) is 6.15. The minimum Gasteiger partial charge on any atom is -0.497 e. The maximum Gasteiger partial charge on any atom is 0.231 e. The predicted molar refractivity (Wildman–Crippen MR) is 126 cm³/mol. The maximum atomic E-state index is 12.3. The van der Waals surface area contributed by atoms with Crippen molar-refractivity contribution in [1.82, 2.24) is 0 Å². The summed E-state index contributed by atoms with van der Waals surface area (Å²) in [6, 6.07) is 12.6. The number of benzene rings is 2. The van der Waals surface area contributed by atoms with Gasteiger partial charge < -0.3 is 14.7 Å². The van der Waals surface area contributed by atoms with Gasteiger partial charge in [-0.05, 0) is 29.3 Å². The molecule has 9 radical (unpaired) electrons. The molecule has 1 aliphatic heterocycles. The number of anilines is 1. The van der Waals surface area contributed by atoms with Crippen LogP contribution >= 0.6 is 0 Å². The molecule has 1 aliphatic rings. The number of rotatable bonds is 7. The molecule has 0 bridgehead atoms. The van der Waals surface area contributed by atoms with E-state index >= 15 is 0 Å². The Balaban J connectivity index is 0.000000396. The van der Waals surface area contributed by atoms with Gasteiger partial charge >= 0.3 is 0 Å². The second kappa shape index (κ2) is 11.3. The number of hydrogen-bond donors (Lipinski definition) is 1. The molecule has 0 atom stereocenters. The molecule has 2 aromatic rings. The number of aliphatic hydroxyl groups is 1. The Morgan fingerprint density at radius 1 is 1.20 bits per heavy atom. The first-order chi connectivity index (χ1) is 14.3. The molecule has 5 nitrogen and oxygen atoms in total. The Bertz CT molecular complexity index is 879. The maximum absolute atomic E-state index is 12.3. The number of Topliss-reactive ketones (excluding diaryl/α,β-unsaturated/α-hetero) is 1. The van der Waals surface area contributed by atoms with Gasteiger partial charge in [-0.25, -0.2) is 0 Å². The topological polar surface area (TPSA) is 66.8 Å². The Kier molecular flexibility index (Phi) is 9.03. The molecule has 0 aliphatic carbocycles. The summed E-state index contributed by atoms with van der Waals surface area (Å²) in [5.41, 5.74) is 3.25. The highest BCUT2D eigenvalue weighted by molar-refractivity contribution is 7.81.